The van der Waals surface area contributed by atoms with Gasteiger partial charge in [-0.05, 0) is 92.2 Å². The molecule has 0 heterocycles. The maximum absolute atomic E-state index is 8.65. The van der Waals surface area contributed by atoms with Gasteiger partial charge in [0.25, 0.3) is 13.4 Å². The van der Waals surface area contributed by atoms with Crippen molar-refractivity contribution in [2.24, 2.45) is 0 Å². The lowest BCUT2D eigenvalue weighted by Crippen LogP contribution is -2.80. The molecule has 0 aromatic carbocycles. The van der Waals surface area contributed by atoms with Crippen LogP contribution >= 0.6 is 56.1 Å². The monoisotopic (exact) mass is 1080 g/mol. The van der Waals surface area contributed by atoms with Crippen LogP contribution in [-0.2, 0) is 0 Å². The first kappa shape index (κ1) is 65.7. The van der Waals surface area contributed by atoms with Gasteiger partial charge in [0.15, 0.2) is 0 Å². The zero-order valence-corrected chi connectivity index (χ0v) is 57.1. The molecule has 0 saturated carbocycles. The minimum absolute atomic E-state index is 0.117. The Morgan fingerprint density at radius 1 is 0.317 bits per heavy atom. The van der Waals surface area contributed by atoms with Crippen molar-refractivity contribution in [2.45, 2.75) is 320 Å². The molecule has 0 spiro atoms. The molecule has 4 unspecified atom stereocenters. The third-order valence-electron chi connectivity index (χ3n) is 17.3. The molecule has 0 aliphatic carbocycles. The maximum Gasteiger partial charge on any atom is 0.278 e. The zero-order chi connectivity index (χ0) is 50.3. The second-order valence-electron chi connectivity index (χ2n) is 24.0. The highest BCUT2D eigenvalue weighted by Gasteiger charge is 2.68. The first-order chi connectivity index (χ1) is 28.6. The van der Waals surface area contributed by atoms with E-state index in [1.54, 1.807) is 0 Å². The molecule has 0 aliphatic rings. The minimum atomic E-state index is -3.15. The molecule has 0 N–H and O–H groups in total. The van der Waals surface area contributed by atoms with E-state index < -0.39 is 46.3 Å². The van der Waals surface area contributed by atoms with E-state index in [-0.39, 0.29) is 21.1 Å². The Balaban J connectivity index is 8.86. The quantitative estimate of drug-likeness (QED) is 0.0523. The molecule has 0 aromatic rings. The minimum Gasteiger partial charge on any atom is -0.341 e. The standard InChI is InChI=1S/C50H112Cl4N2SSi6/c1-29-33-47(55(58(35(5)6,36(7)8)37(9)10)59(38(11)12,39(13)14)40(15)16)62(51,52)49(31-3)57-50(32-4)63(53,54)48(34-30-2)56(60(41(17)18,42(19)20)43(21)22)61(44(23)24,45(25)26)46(27)28/h35-50H,29-34H2,1-28H3. The van der Waals surface area contributed by atoms with Crippen molar-refractivity contribution in [3.63, 3.8) is 0 Å². The number of thioether (sulfide) groups is 1. The summed E-state index contributed by atoms with van der Waals surface area (Å²) >= 11 is 36.7. The number of hydrogen-bond donors (Lipinski definition) is 0. The third kappa shape index (κ3) is 12.2. The van der Waals surface area contributed by atoms with Gasteiger partial charge < -0.3 is 8.46 Å². The van der Waals surface area contributed by atoms with Gasteiger partial charge in [0, 0.05) is 21.1 Å². The molecule has 0 aliphatic heterocycles. The molecule has 0 aromatic heterocycles. The average molecular weight is 1080 g/mol. The van der Waals surface area contributed by atoms with Crippen molar-refractivity contribution in [1.82, 2.24) is 8.46 Å². The molecular formula is C50H112Cl4N2SSi6. The molecular weight excluding hydrogens is 971 g/mol. The topological polar surface area (TPSA) is 6.48 Å². The fourth-order valence-corrected chi connectivity index (χ4v) is 78.0. The van der Waals surface area contributed by atoms with Crippen molar-refractivity contribution >= 4 is 102 Å². The Hall–Kier alpha value is 2.73. The van der Waals surface area contributed by atoms with E-state index in [1.165, 1.54) is 0 Å². The highest BCUT2D eigenvalue weighted by atomic mass is 35.7. The largest absolute Gasteiger partial charge is 0.341 e. The lowest BCUT2D eigenvalue weighted by molar-refractivity contribution is 0.437. The molecule has 0 saturated heterocycles. The van der Waals surface area contributed by atoms with Gasteiger partial charge in [-0.1, -0.05) is 207 Å². The normalized spacial score (nSPS) is 16.9. The summed E-state index contributed by atoms with van der Waals surface area (Å²) in [4.78, 5) is 0.233. The van der Waals surface area contributed by atoms with Crippen LogP contribution in [0.25, 0.3) is 0 Å². The van der Waals surface area contributed by atoms with Gasteiger partial charge in [0.05, 0.1) is 0 Å². The Morgan fingerprint density at radius 3 is 0.587 bits per heavy atom. The van der Waals surface area contributed by atoms with Crippen LogP contribution in [0, 0.1) is 0 Å². The zero-order valence-electron chi connectivity index (χ0n) is 47.3. The van der Waals surface area contributed by atoms with Crippen LogP contribution in [0.1, 0.15) is 232 Å². The third-order valence-corrected chi connectivity index (χ3v) is 67.3. The van der Waals surface area contributed by atoms with Gasteiger partial charge in [0.1, 0.15) is 32.9 Å². The van der Waals surface area contributed by atoms with Crippen LogP contribution in [0.2, 0.25) is 66.5 Å². The van der Waals surface area contributed by atoms with E-state index >= 15 is 0 Å². The van der Waals surface area contributed by atoms with Crippen molar-refractivity contribution in [1.29, 1.82) is 0 Å². The summed E-state index contributed by atoms with van der Waals surface area (Å²) in [5, 5.41) is 0. The average Bonchev–Trinajstić information content (AvgIpc) is 3.11. The highest BCUT2D eigenvalue weighted by molar-refractivity contribution is 8.06. The van der Waals surface area contributed by atoms with Crippen molar-refractivity contribution < 1.29 is 0 Å². The van der Waals surface area contributed by atoms with Crippen LogP contribution < -0.4 is 0 Å². The molecule has 0 rings (SSSR count). The molecule has 0 fully saturated rings. The molecule has 380 valence electrons. The van der Waals surface area contributed by atoms with Crippen LogP contribution in [0.15, 0.2) is 0 Å². The highest BCUT2D eigenvalue weighted by Crippen LogP contribution is 2.60. The van der Waals surface area contributed by atoms with E-state index in [1.807, 2.05) is 0 Å². The first-order valence-electron chi connectivity index (χ1n) is 26.6. The Labute approximate surface area is 427 Å². The van der Waals surface area contributed by atoms with Crippen LogP contribution in [0.5, 0.6) is 0 Å². The number of rotatable bonds is 30. The van der Waals surface area contributed by atoms with Crippen molar-refractivity contribution in [3.8, 4) is 0 Å². The number of nitrogens with zero attached hydrogens (tertiary/aromatic N) is 2. The second kappa shape index (κ2) is 26.4. The Morgan fingerprint density at radius 2 is 0.476 bits per heavy atom. The Bertz CT molecular complexity index is 1060. The summed E-state index contributed by atoms with van der Waals surface area (Å²) in [6, 6.07) is 0. The van der Waals surface area contributed by atoms with Gasteiger partial charge >= 0.3 is 0 Å². The lowest BCUT2D eigenvalue weighted by Gasteiger charge is -2.67. The van der Waals surface area contributed by atoms with Gasteiger partial charge in [-0.3, -0.25) is 0 Å². The van der Waals surface area contributed by atoms with E-state index in [9.17, 15) is 0 Å². The fraction of sp³-hybridized carbons (Fsp3) is 1.00. The first-order valence-corrected chi connectivity index (χ1v) is 44.6. The molecule has 0 radical (unpaired) electrons. The predicted octanol–water partition coefficient (Wildman–Crippen LogP) is 20.9. The maximum atomic E-state index is 8.65. The molecule has 0 bridgehead atoms. The van der Waals surface area contributed by atoms with Gasteiger partial charge in [-0.2, -0.15) is 11.8 Å². The summed E-state index contributed by atoms with van der Waals surface area (Å²) in [7, 11) is -9.10. The Kier molecular flexibility index (Phi) is 27.6. The predicted molar refractivity (Wildman–Crippen MR) is 316 cm³/mol. The number of halogens is 4. The molecule has 2 nitrogen and oxygen atoms in total. The number of hydrogen-bond acceptors (Lipinski definition) is 3. The fourth-order valence-electron chi connectivity index (χ4n) is 16.2. The van der Waals surface area contributed by atoms with Crippen LogP contribution in [0.4, 0.5) is 0 Å². The van der Waals surface area contributed by atoms with Crippen LogP contribution in [-0.4, -0.2) is 75.9 Å². The van der Waals surface area contributed by atoms with Gasteiger partial charge in [0.2, 0.25) is 0 Å². The smallest absolute Gasteiger partial charge is 0.278 e. The molecule has 63 heavy (non-hydrogen) atoms. The van der Waals surface area contributed by atoms with Gasteiger partial charge in [-0.25, -0.2) is 0 Å². The van der Waals surface area contributed by atoms with Crippen molar-refractivity contribution in [2.75, 3.05) is 0 Å². The summed E-state index contributed by atoms with van der Waals surface area (Å²) in [6.07, 6.45) is 6.17. The summed E-state index contributed by atoms with van der Waals surface area (Å²) in [5.74, 6) is 0. The van der Waals surface area contributed by atoms with Crippen molar-refractivity contribution in [3.05, 3.63) is 0 Å². The summed E-state index contributed by atoms with van der Waals surface area (Å²) in [6.45, 7) is 64.8. The van der Waals surface area contributed by atoms with E-state index in [4.69, 9.17) is 44.3 Å². The molecule has 13 heteroatoms. The lowest BCUT2D eigenvalue weighted by atomic mass is 10.3. The summed E-state index contributed by atoms with van der Waals surface area (Å²) in [5.41, 5.74) is 7.19. The SMILES string of the molecule is CCCC(N([Si](C(C)C)(C(C)C)C(C)C)[Si](C(C)C)(C(C)C)C(C)C)[Si](Cl)(Cl)C(CC)SC(CC)[Si](Cl)(Cl)C(CCC)N([Si](C(C)C)(C(C)C)C(C)C)[Si](C(C)C)(C(C)C)C(C)C. The second-order valence-corrected chi connectivity index (χ2v) is 64.1. The van der Waals surface area contributed by atoms with Crippen LogP contribution in [0.3, 0.4) is 0 Å². The summed E-state index contributed by atoms with van der Waals surface area (Å²) < 4.78 is 6.74. The molecule has 4 atom stereocenters. The van der Waals surface area contributed by atoms with E-state index in [2.05, 4.69) is 214 Å². The molecule has 0 amide bonds. The van der Waals surface area contributed by atoms with E-state index in [0.29, 0.717) is 66.5 Å². The van der Waals surface area contributed by atoms with E-state index in [0.717, 1.165) is 38.5 Å². The van der Waals surface area contributed by atoms with Gasteiger partial charge in [-0.15, -0.1) is 44.3 Å².